The highest BCUT2D eigenvalue weighted by Gasteiger charge is 2.16. The summed E-state index contributed by atoms with van der Waals surface area (Å²) in [5.41, 5.74) is 2.18. The van der Waals surface area contributed by atoms with Crippen molar-refractivity contribution in [2.24, 2.45) is 0 Å². The fourth-order valence-corrected chi connectivity index (χ4v) is 2.59. The number of halogens is 2. The Morgan fingerprint density at radius 2 is 2.05 bits per heavy atom. The van der Waals surface area contributed by atoms with E-state index in [1.54, 1.807) is 0 Å². The average Bonchev–Trinajstić information content (AvgIpc) is 2.83. The molecule has 0 aliphatic carbocycles. The summed E-state index contributed by atoms with van der Waals surface area (Å²) in [4.78, 5) is 15.9. The zero-order chi connectivity index (χ0) is 14.8. The van der Waals surface area contributed by atoms with Crippen LogP contribution in [-0.2, 0) is 10.0 Å². The zero-order valence-corrected chi connectivity index (χ0v) is 12.3. The van der Waals surface area contributed by atoms with Gasteiger partial charge in [0.1, 0.15) is 11.5 Å². The van der Waals surface area contributed by atoms with Crippen LogP contribution in [0.5, 0.6) is 0 Å². The van der Waals surface area contributed by atoms with Gasteiger partial charge in [0.25, 0.3) is 15.9 Å². The monoisotopic (exact) mass is 361 g/mol. The van der Waals surface area contributed by atoms with E-state index in [9.17, 15) is 17.6 Å². The minimum atomic E-state index is -4.03. The van der Waals surface area contributed by atoms with Gasteiger partial charge < -0.3 is 4.98 Å². The van der Waals surface area contributed by atoms with Gasteiger partial charge in [-0.25, -0.2) is 12.8 Å². The lowest BCUT2D eigenvalue weighted by atomic mass is 10.4. The molecule has 1 heterocycles. The first-order valence-corrected chi connectivity index (χ1v) is 7.58. The number of nitrogens with one attached hydrogen (secondary N) is 3. The number of H-pyrrole nitrogens is 1. The Labute approximate surface area is 122 Å². The van der Waals surface area contributed by atoms with E-state index in [-0.39, 0.29) is 10.6 Å². The normalized spacial score (nSPS) is 11.3. The molecular formula is C11H9BrFN3O3S. The Morgan fingerprint density at radius 3 is 2.65 bits per heavy atom. The Hall–Kier alpha value is -1.71. The third-order valence-electron chi connectivity index (χ3n) is 2.30. The molecule has 0 unspecified atom stereocenters. The van der Waals surface area contributed by atoms with Crippen LogP contribution in [0.15, 0.2) is 45.9 Å². The third kappa shape index (κ3) is 3.44. The van der Waals surface area contributed by atoms with Crippen LogP contribution in [0.3, 0.4) is 0 Å². The summed E-state index contributed by atoms with van der Waals surface area (Å²) in [5, 5.41) is 0. The number of benzene rings is 1. The minimum Gasteiger partial charge on any atom is -0.356 e. The molecule has 1 amide bonds. The van der Waals surface area contributed by atoms with E-state index in [0.717, 1.165) is 12.1 Å². The molecule has 6 nitrogen and oxygen atoms in total. The van der Waals surface area contributed by atoms with E-state index in [1.807, 2.05) is 10.3 Å². The molecule has 106 valence electrons. The molecule has 0 aliphatic rings. The highest BCUT2D eigenvalue weighted by atomic mass is 79.9. The summed E-state index contributed by atoms with van der Waals surface area (Å²) in [6, 6.07) is 5.91. The second-order valence-corrected chi connectivity index (χ2v) is 6.35. The molecule has 2 aromatic rings. The minimum absolute atomic E-state index is 0.166. The van der Waals surface area contributed by atoms with Gasteiger partial charge in [0, 0.05) is 10.7 Å². The molecular weight excluding hydrogens is 353 g/mol. The molecule has 20 heavy (non-hydrogen) atoms. The first-order valence-electron chi connectivity index (χ1n) is 5.30. The summed E-state index contributed by atoms with van der Waals surface area (Å²) >= 11 is 3.14. The van der Waals surface area contributed by atoms with Gasteiger partial charge >= 0.3 is 0 Å². The maximum Gasteiger partial charge on any atom is 0.282 e. The van der Waals surface area contributed by atoms with Crippen LogP contribution in [-0.4, -0.2) is 19.3 Å². The molecule has 0 fully saturated rings. The number of hydrazine groups is 1. The van der Waals surface area contributed by atoms with Crippen LogP contribution in [0.1, 0.15) is 10.5 Å². The molecule has 1 aromatic heterocycles. The highest BCUT2D eigenvalue weighted by Crippen LogP contribution is 2.11. The lowest BCUT2D eigenvalue weighted by Crippen LogP contribution is -2.41. The maximum absolute atomic E-state index is 13.0. The molecule has 0 saturated carbocycles. The van der Waals surface area contributed by atoms with Crippen molar-refractivity contribution in [3.05, 3.63) is 52.5 Å². The molecule has 0 spiro atoms. The fraction of sp³-hybridized carbons (Fsp3) is 0. The van der Waals surface area contributed by atoms with Crippen LogP contribution >= 0.6 is 15.9 Å². The molecule has 0 bridgehead atoms. The van der Waals surface area contributed by atoms with Gasteiger partial charge in [-0.15, -0.1) is 4.83 Å². The number of amides is 1. The van der Waals surface area contributed by atoms with Crippen LogP contribution < -0.4 is 10.3 Å². The van der Waals surface area contributed by atoms with Crippen LogP contribution in [0.4, 0.5) is 4.39 Å². The highest BCUT2D eigenvalue weighted by molar-refractivity contribution is 9.10. The smallest absolute Gasteiger partial charge is 0.282 e. The van der Waals surface area contributed by atoms with Crippen molar-refractivity contribution in [2.75, 3.05) is 0 Å². The lowest BCUT2D eigenvalue weighted by Gasteiger charge is -2.07. The SMILES string of the molecule is O=C(NNS(=O)(=O)c1cccc(F)c1)c1cc(Br)c[nH]1. The van der Waals surface area contributed by atoms with Gasteiger partial charge in [-0.05, 0) is 40.2 Å². The van der Waals surface area contributed by atoms with Crippen molar-refractivity contribution in [3.63, 3.8) is 0 Å². The number of hydrogen-bond acceptors (Lipinski definition) is 3. The molecule has 0 atom stereocenters. The van der Waals surface area contributed by atoms with Crippen LogP contribution in [0, 0.1) is 5.82 Å². The Balaban J connectivity index is 2.08. The number of sulfonamides is 1. The standard InChI is InChI=1S/C11H9BrFN3O3S/c12-7-4-10(14-6-7)11(17)15-16-20(18,19)9-3-1-2-8(13)5-9/h1-6,14,16H,(H,15,17). The predicted octanol–water partition coefficient (Wildman–Crippen LogP) is 1.54. The van der Waals surface area contributed by atoms with Crippen molar-refractivity contribution in [1.29, 1.82) is 0 Å². The van der Waals surface area contributed by atoms with Crippen molar-refractivity contribution in [2.45, 2.75) is 4.90 Å². The summed E-state index contributed by atoms with van der Waals surface area (Å²) in [7, 11) is -4.03. The van der Waals surface area contributed by atoms with E-state index in [4.69, 9.17) is 0 Å². The first-order chi connectivity index (χ1) is 9.38. The summed E-state index contributed by atoms with van der Waals surface area (Å²) in [6.07, 6.45) is 1.52. The molecule has 1 aromatic carbocycles. The quantitative estimate of drug-likeness (QED) is 0.721. The van der Waals surface area contributed by atoms with E-state index in [0.29, 0.717) is 4.47 Å². The molecule has 2 rings (SSSR count). The van der Waals surface area contributed by atoms with E-state index < -0.39 is 21.7 Å². The predicted molar refractivity (Wildman–Crippen MR) is 72.7 cm³/mol. The van der Waals surface area contributed by atoms with Gasteiger partial charge in [0.05, 0.1) is 4.90 Å². The summed E-state index contributed by atoms with van der Waals surface area (Å²) in [5.74, 6) is -1.36. The molecule has 0 aliphatic heterocycles. The number of rotatable bonds is 4. The van der Waals surface area contributed by atoms with E-state index in [2.05, 4.69) is 20.9 Å². The van der Waals surface area contributed by atoms with Gasteiger partial charge in [-0.1, -0.05) is 6.07 Å². The number of hydrogen-bond donors (Lipinski definition) is 3. The van der Waals surface area contributed by atoms with Crippen molar-refractivity contribution in [3.8, 4) is 0 Å². The Bertz CT molecular complexity index is 745. The first kappa shape index (κ1) is 14.7. The summed E-state index contributed by atoms with van der Waals surface area (Å²) in [6.45, 7) is 0. The van der Waals surface area contributed by atoms with Gasteiger partial charge in [-0.3, -0.25) is 10.2 Å². The molecule has 9 heteroatoms. The van der Waals surface area contributed by atoms with Crippen LogP contribution in [0.25, 0.3) is 0 Å². The van der Waals surface area contributed by atoms with Gasteiger partial charge in [0.2, 0.25) is 0 Å². The van der Waals surface area contributed by atoms with E-state index >= 15 is 0 Å². The molecule has 0 radical (unpaired) electrons. The second kappa shape index (κ2) is 5.73. The Morgan fingerprint density at radius 1 is 1.30 bits per heavy atom. The Kier molecular flexibility index (Phi) is 4.21. The largest absolute Gasteiger partial charge is 0.356 e. The zero-order valence-electron chi connectivity index (χ0n) is 9.85. The number of aromatic amines is 1. The van der Waals surface area contributed by atoms with Crippen molar-refractivity contribution >= 4 is 31.9 Å². The summed E-state index contributed by atoms with van der Waals surface area (Å²) < 4.78 is 37.2. The number of aromatic nitrogens is 1. The third-order valence-corrected chi connectivity index (χ3v) is 4.00. The average molecular weight is 362 g/mol. The number of carbonyl (C=O) groups excluding carboxylic acids is 1. The van der Waals surface area contributed by atoms with Gasteiger partial charge in [0.15, 0.2) is 0 Å². The van der Waals surface area contributed by atoms with Crippen molar-refractivity contribution < 1.29 is 17.6 Å². The topological polar surface area (TPSA) is 91.1 Å². The molecule has 3 N–H and O–H groups in total. The van der Waals surface area contributed by atoms with Crippen molar-refractivity contribution in [1.82, 2.24) is 15.2 Å². The van der Waals surface area contributed by atoms with Crippen LogP contribution in [0.2, 0.25) is 0 Å². The fourth-order valence-electron chi connectivity index (χ4n) is 1.37. The maximum atomic E-state index is 13.0. The van der Waals surface area contributed by atoms with Gasteiger partial charge in [-0.2, -0.15) is 0 Å². The lowest BCUT2D eigenvalue weighted by molar-refractivity contribution is 0.0940. The number of carbonyl (C=O) groups is 1. The van der Waals surface area contributed by atoms with E-state index in [1.165, 1.54) is 24.4 Å². The second-order valence-electron chi connectivity index (χ2n) is 3.75. The molecule has 0 saturated heterocycles.